The molecule has 1 aromatic rings. The summed E-state index contributed by atoms with van der Waals surface area (Å²) in [6.45, 7) is 19.2. The van der Waals surface area contributed by atoms with Gasteiger partial charge in [0.1, 0.15) is 0 Å². The fourth-order valence-corrected chi connectivity index (χ4v) is 2.18. The van der Waals surface area contributed by atoms with Gasteiger partial charge in [-0.2, -0.15) is 0 Å². The lowest BCUT2D eigenvalue weighted by Gasteiger charge is -2.25. The van der Waals surface area contributed by atoms with Crippen molar-refractivity contribution in [2.24, 2.45) is 0 Å². The first-order valence-electron chi connectivity index (χ1n) is 9.26. The van der Waals surface area contributed by atoms with Crippen LogP contribution in [0.15, 0.2) is 42.0 Å². The van der Waals surface area contributed by atoms with Gasteiger partial charge < -0.3 is 5.73 Å². The normalized spacial score (nSPS) is 14.0. The van der Waals surface area contributed by atoms with Gasteiger partial charge in [-0.3, -0.25) is 10.8 Å². The summed E-state index contributed by atoms with van der Waals surface area (Å²) in [5, 5.41) is 14.3. The molecule has 0 atom stereocenters. The minimum absolute atomic E-state index is 0.162. The first kappa shape index (κ1) is 23.8. The molecule has 0 fully saturated rings. The van der Waals surface area contributed by atoms with Crippen molar-refractivity contribution in [1.29, 1.82) is 10.8 Å². The van der Waals surface area contributed by atoms with Crippen LogP contribution in [0.3, 0.4) is 0 Å². The first-order chi connectivity index (χ1) is 11.8. The molecule has 0 saturated heterocycles. The van der Waals surface area contributed by atoms with E-state index in [0.717, 1.165) is 11.3 Å². The zero-order valence-electron chi connectivity index (χ0n) is 18.0. The Morgan fingerprint density at radius 2 is 1.15 bits per heavy atom. The Morgan fingerprint density at radius 3 is 1.46 bits per heavy atom. The van der Waals surface area contributed by atoms with E-state index in [4.69, 9.17) is 16.6 Å². The van der Waals surface area contributed by atoms with Crippen molar-refractivity contribution in [3.63, 3.8) is 0 Å². The Morgan fingerprint density at radius 1 is 0.731 bits per heavy atom. The van der Waals surface area contributed by atoms with Crippen LogP contribution in [0.2, 0.25) is 0 Å². The van der Waals surface area contributed by atoms with Crippen LogP contribution >= 0.6 is 0 Å². The van der Waals surface area contributed by atoms with Crippen LogP contribution in [0.25, 0.3) is 0 Å². The fourth-order valence-electron chi connectivity index (χ4n) is 2.18. The van der Waals surface area contributed by atoms with Gasteiger partial charge in [-0.05, 0) is 58.7 Å². The SMILES string of the molecule is CC.CC(C)(C)c1cc(N)cc(C(C)(C)C)c1.CC1=CC(=N)C(=N)C=C1. The monoisotopic (exact) mass is 355 g/mol. The summed E-state index contributed by atoms with van der Waals surface area (Å²) in [7, 11) is 0. The van der Waals surface area contributed by atoms with Crippen molar-refractivity contribution in [3.8, 4) is 0 Å². The van der Waals surface area contributed by atoms with Crippen molar-refractivity contribution in [2.45, 2.75) is 73.1 Å². The highest BCUT2D eigenvalue weighted by atomic mass is 14.5. The predicted molar refractivity (Wildman–Crippen MR) is 118 cm³/mol. The molecule has 0 radical (unpaired) electrons. The summed E-state index contributed by atoms with van der Waals surface area (Å²) < 4.78 is 0. The number of nitrogens with two attached hydrogens (primary N) is 1. The van der Waals surface area contributed by atoms with E-state index < -0.39 is 0 Å². The van der Waals surface area contributed by atoms with Gasteiger partial charge in [0, 0.05) is 5.69 Å². The van der Waals surface area contributed by atoms with Crippen molar-refractivity contribution >= 4 is 17.1 Å². The molecule has 0 aromatic heterocycles. The lowest BCUT2D eigenvalue weighted by Crippen LogP contribution is -2.16. The van der Waals surface area contributed by atoms with Crippen molar-refractivity contribution < 1.29 is 0 Å². The highest BCUT2D eigenvalue weighted by Crippen LogP contribution is 2.30. The Bertz CT molecular complexity index is 661. The smallest absolute Gasteiger partial charge is 0.0791 e. The van der Waals surface area contributed by atoms with E-state index in [1.165, 1.54) is 11.1 Å². The highest BCUT2D eigenvalue weighted by Gasteiger charge is 2.19. The van der Waals surface area contributed by atoms with Crippen molar-refractivity contribution in [2.75, 3.05) is 5.73 Å². The Hall–Kier alpha value is -2.16. The topological polar surface area (TPSA) is 73.7 Å². The highest BCUT2D eigenvalue weighted by molar-refractivity contribution is 6.49. The van der Waals surface area contributed by atoms with Gasteiger partial charge in [0.25, 0.3) is 0 Å². The molecule has 0 unspecified atom stereocenters. The zero-order valence-corrected chi connectivity index (χ0v) is 18.0. The van der Waals surface area contributed by atoms with Gasteiger partial charge in [-0.25, -0.2) is 0 Å². The van der Waals surface area contributed by atoms with Crippen LogP contribution in [0, 0.1) is 10.8 Å². The molecule has 0 amide bonds. The predicted octanol–water partition coefficient (Wildman–Crippen LogP) is 6.43. The molecule has 0 aliphatic heterocycles. The summed E-state index contributed by atoms with van der Waals surface area (Å²) in [5.41, 5.74) is 11.4. The number of allylic oxidation sites excluding steroid dienone is 4. The summed E-state index contributed by atoms with van der Waals surface area (Å²) in [5.74, 6) is 0. The Labute approximate surface area is 160 Å². The summed E-state index contributed by atoms with van der Waals surface area (Å²) in [6.07, 6.45) is 5.15. The molecule has 0 heterocycles. The van der Waals surface area contributed by atoms with Crippen LogP contribution in [0.1, 0.15) is 73.4 Å². The third kappa shape index (κ3) is 7.81. The average molecular weight is 356 g/mol. The van der Waals surface area contributed by atoms with E-state index in [9.17, 15) is 0 Å². The fraction of sp³-hybridized carbons (Fsp3) is 0.478. The van der Waals surface area contributed by atoms with E-state index in [-0.39, 0.29) is 10.8 Å². The number of hydrogen-bond acceptors (Lipinski definition) is 3. The van der Waals surface area contributed by atoms with Crippen molar-refractivity contribution in [1.82, 2.24) is 0 Å². The van der Waals surface area contributed by atoms with E-state index >= 15 is 0 Å². The maximum Gasteiger partial charge on any atom is 0.0791 e. The van der Waals surface area contributed by atoms with Gasteiger partial charge in [-0.15, -0.1) is 0 Å². The van der Waals surface area contributed by atoms with Gasteiger partial charge >= 0.3 is 0 Å². The minimum Gasteiger partial charge on any atom is -0.399 e. The van der Waals surface area contributed by atoms with Gasteiger partial charge in [0.2, 0.25) is 0 Å². The third-order valence-electron chi connectivity index (χ3n) is 3.86. The molecule has 144 valence electrons. The van der Waals surface area contributed by atoms with E-state index in [1.807, 2.05) is 26.8 Å². The lowest BCUT2D eigenvalue weighted by molar-refractivity contribution is 0.569. The summed E-state index contributed by atoms with van der Waals surface area (Å²) in [6, 6.07) is 6.43. The second-order valence-corrected chi connectivity index (χ2v) is 8.39. The van der Waals surface area contributed by atoms with Crippen LogP contribution < -0.4 is 5.73 Å². The third-order valence-corrected chi connectivity index (χ3v) is 3.86. The molecule has 4 N–H and O–H groups in total. The average Bonchev–Trinajstić information content (AvgIpc) is 2.51. The second-order valence-electron chi connectivity index (χ2n) is 8.39. The molecule has 0 saturated carbocycles. The molecule has 3 heteroatoms. The number of benzene rings is 1. The molecule has 0 spiro atoms. The Kier molecular flexibility index (Phi) is 8.72. The van der Waals surface area contributed by atoms with E-state index in [1.54, 1.807) is 12.2 Å². The summed E-state index contributed by atoms with van der Waals surface area (Å²) in [4.78, 5) is 0. The molecule has 0 bridgehead atoms. The maximum atomic E-state index is 7.17. The molecule has 1 aliphatic carbocycles. The number of hydrogen-bond donors (Lipinski definition) is 3. The second kappa shape index (κ2) is 9.51. The van der Waals surface area contributed by atoms with Gasteiger partial charge in [-0.1, -0.05) is 67.5 Å². The maximum absolute atomic E-state index is 7.17. The molecule has 2 rings (SSSR count). The van der Waals surface area contributed by atoms with E-state index in [0.29, 0.717) is 11.4 Å². The van der Waals surface area contributed by atoms with Crippen LogP contribution in [0.4, 0.5) is 5.69 Å². The molecule has 26 heavy (non-hydrogen) atoms. The molecule has 1 aromatic carbocycles. The summed E-state index contributed by atoms with van der Waals surface area (Å²) >= 11 is 0. The number of nitrogens with one attached hydrogen (secondary N) is 2. The van der Waals surface area contributed by atoms with Crippen LogP contribution in [0.5, 0.6) is 0 Å². The number of rotatable bonds is 0. The Balaban J connectivity index is 0.000000484. The molecule has 1 aliphatic rings. The molecular formula is C23H37N3. The quantitative estimate of drug-likeness (QED) is 0.364. The van der Waals surface area contributed by atoms with Gasteiger partial charge in [0.15, 0.2) is 0 Å². The van der Waals surface area contributed by atoms with E-state index in [2.05, 4.69) is 59.7 Å². The van der Waals surface area contributed by atoms with Crippen LogP contribution in [-0.2, 0) is 10.8 Å². The van der Waals surface area contributed by atoms with Gasteiger partial charge in [0.05, 0.1) is 11.4 Å². The van der Waals surface area contributed by atoms with Crippen molar-refractivity contribution in [3.05, 3.63) is 53.1 Å². The standard InChI is InChI=1S/C14H23N.C7H8N2.C2H6/c1-13(2,3)10-7-11(14(4,5)6)9-12(15)8-10;1-5-2-3-6(8)7(9)4-5;1-2/h7-9H,15H2,1-6H3;2-4,8-9H,1H3;1-2H3. The van der Waals surface area contributed by atoms with Crippen LogP contribution in [-0.4, -0.2) is 11.4 Å². The lowest BCUT2D eigenvalue weighted by atomic mass is 9.80. The molecular weight excluding hydrogens is 318 g/mol. The molecule has 3 nitrogen and oxygen atoms in total. The largest absolute Gasteiger partial charge is 0.399 e. The zero-order chi connectivity index (χ0) is 20.7. The first-order valence-corrected chi connectivity index (χ1v) is 9.26. The number of nitrogen functional groups attached to an aromatic ring is 1. The minimum atomic E-state index is 0.162. The number of anilines is 1.